The maximum absolute atomic E-state index is 11.9. The third-order valence-electron chi connectivity index (χ3n) is 1.91. The van der Waals surface area contributed by atoms with E-state index in [0.29, 0.717) is 0 Å². The first-order valence-corrected chi connectivity index (χ1v) is 3.45. The molecule has 0 aromatic carbocycles. The Kier molecular flexibility index (Phi) is 4.30. The van der Waals surface area contributed by atoms with E-state index in [1.165, 1.54) is 0 Å². The molecule has 0 spiro atoms. The summed E-state index contributed by atoms with van der Waals surface area (Å²) in [5, 5.41) is 11.1. The van der Waals surface area contributed by atoms with Crippen LogP contribution in [0.2, 0.25) is 0 Å². The lowest BCUT2D eigenvalue weighted by Crippen LogP contribution is -2.25. The number of rotatable bonds is 1. The summed E-state index contributed by atoms with van der Waals surface area (Å²) in [6.07, 6.45) is -4.11. The Hall–Kier alpha value is -0.0000000000000000486. The second-order valence-corrected chi connectivity index (χ2v) is 2.76. The Morgan fingerprint density at radius 2 is 2.00 bits per heavy atom. The number of aliphatic hydroxyl groups excluding tert-OH is 1. The Labute approximate surface area is 74.6 Å². The van der Waals surface area contributed by atoms with Crippen molar-refractivity contribution < 1.29 is 18.3 Å². The van der Waals surface area contributed by atoms with Crippen LogP contribution < -0.4 is 5.32 Å². The number of hydrogen-bond donors (Lipinski definition) is 2. The monoisotopic (exact) mass is 205 g/mol. The second-order valence-electron chi connectivity index (χ2n) is 2.76. The minimum atomic E-state index is -4.11. The maximum atomic E-state index is 11.9. The third kappa shape index (κ3) is 2.80. The van der Waals surface area contributed by atoms with Crippen molar-refractivity contribution in [3.63, 3.8) is 0 Å². The van der Waals surface area contributed by atoms with Gasteiger partial charge in [0.25, 0.3) is 0 Å². The first-order valence-electron chi connectivity index (χ1n) is 3.45. The lowest BCUT2D eigenvalue weighted by Gasteiger charge is -2.12. The van der Waals surface area contributed by atoms with Gasteiger partial charge in [-0.05, 0) is 6.42 Å². The Morgan fingerprint density at radius 1 is 1.42 bits per heavy atom. The summed E-state index contributed by atoms with van der Waals surface area (Å²) >= 11 is 0. The van der Waals surface area contributed by atoms with Gasteiger partial charge in [0.2, 0.25) is 0 Å². The van der Waals surface area contributed by atoms with Crippen molar-refractivity contribution in [3.05, 3.63) is 0 Å². The van der Waals surface area contributed by atoms with Gasteiger partial charge in [0.05, 0.1) is 12.5 Å². The molecule has 0 amide bonds. The second kappa shape index (κ2) is 4.30. The quantitative estimate of drug-likeness (QED) is 0.668. The number of halogens is 4. The largest absolute Gasteiger partial charge is 0.395 e. The van der Waals surface area contributed by atoms with Crippen LogP contribution in [0, 0.1) is 5.92 Å². The number of nitrogens with one attached hydrogen (secondary N) is 1. The van der Waals surface area contributed by atoms with Gasteiger partial charge >= 0.3 is 6.18 Å². The van der Waals surface area contributed by atoms with E-state index in [9.17, 15) is 13.2 Å². The van der Waals surface area contributed by atoms with Crippen LogP contribution in [0.4, 0.5) is 13.2 Å². The predicted octanol–water partition coefficient (Wildman–Crippen LogP) is 0.941. The number of hydrogen-bond acceptors (Lipinski definition) is 2. The molecule has 0 aromatic heterocycles. The smallest absolute Gasteiger partial charge is 0.393 e. The molecule has 6 heteroatoms. The van der Waals surface area contributed by atoms with E-state index in [1.807, 2.05) is 0 Å². The molecule has 0 radical (unpaired) electrons. The molecular formula is C6H11ClF3NO. The van der Waals surface area contributed by atoms with Crippen molar-refractivity contribution in [2.24, 2.45) is 5.92 Å². The van der Waals surface area contributed by atoms with Gasteiger partial charge in [0.1, 0.15) is 0 Å². The Morgan fingerprint density at radius 3 is 2.25 bits per heavy atom. The summed E-state index contributed by atoms with van der Waals surface area (Å²) < 4.78 is 35.8. The van der Waals surface area contributed by atoms with Gasteiger partial charge < -0.3 is 10.4 Å². The molecule has 2 nitrogen and oxygen atoms in total. The van der Waals surface area contributed by atoms with Crippen molar-refractivity contribution in [2.75, 3.05) is 13.2 Å². The van der Waals surface area contributed by atoms with E-state index in [4.69, 9.17) is 5.11 Å². The highest BCUT2D eigenvalue weighted by molar-refractivity contribution is 5.85. The highest BCUT2D eigenvalue weighted by Crippen LogP contribution is 2.32. The minimum absolute atomic E-state index is 0. The van der Waals surface area contributed by atoms with E-state index in [2.05, 4.69) is 5.32 Å². The molecule has 0 aliphatic carbocycles. The molecule has 2 atom stereocenters. The summed E-state index contributed by atoms with van der Waals surface area (Å²) in [4.78, 5) is 0. The fourth-order valence-electron chi connectivity index (χ4n) is 1.21. The van der Waals surface area contributed by atoms with Crippen LogP contribution in [0.5, 0.6) is 0 Å². The summed E-state index contributed by atoms with van der Waals surface area (Å²) in [7, 11) is 0. The van der Waals surface area contributed by atoms with Crippen LogP contribution in [0.1, 0.15) is 6.42 Å². The summed E-state index contributed by atoms with van der Waals surface area (Å²) in [5.74, 6) is -1.28. The molecule has 0 saturated carbocycles. The van der Waals surface area contributed by atoms with Crippen molar-refractivity contribution in [3.8, 4) is 0 Å². The van der Waals surface area contributed by atoms with Crippen molar-refractivity contribution in [1.29, 1.82) is 0 Å². The van der Waals surface area contributed by atoms with Crippen LogP contribution in [-0.4, -0.2) is 30.5 Å². The van der Waals surface area contributed by atoms with E-state index in [-0.39, 0.29) is 38.0 Å². The van der Waals surface area contributed by atoms with E-state index in [0.717, 1.165) is 0 Å². The molecule has 2 N–H and O–H groups in total. The highest BCUT2D eigenvalue weighted by Gasteiger charge is 2.43. The zero-order chi connectivity index (χ0) is 8.48. The van der Waals surface area contributed by atoms with E-state index in [1.54, 1.807) is 0 Å². The van der Waals surface area contributed by atoms with Gasteiger partial charge in [-0.15, -0.1) is 12.4 Å². The molecule has 1 fully saturated rings. The van der Waals surface area contributed by atoms with Crippen LogP contribution in [0.3, 0.4) is 0 Å². The van der Waals surface area contributed by atoms with Crippen LogP contribution in [-0.2, 0) is 0 Å². The average molecular weight is 206 g/mol. The lowest BCUT2D eigenvalue weighted by atomic mass is 10.1. The molecule has 0 unspecified atom stereocenters. The van der Waals surface area contributed by atoms with Crippen molar-refractivity contribution in [1.82, 2.24) is 5.32 Å². The van der Waals surface area contributed by atoms with Gasteiger partial charge in [0, 0.05) is 12.6 Å². The van der Waals surface area contributed by atoms with Crippen molar-refractivity contribution in [2.45, 2.75) is 18.6 Å². The molecule has 0 aromatic rings. The minimum Gasteiger partial charge on any atom is -0.395 e. The van der Waals surface area contributed by atoms with Gasteiger partial charge in [-0.1, -0.05) is 0 Å². The number of aliphatic hydroxyl groups is 1. The molecule has 1 heterocycles. The average Bonchev–Trinajstić information content (AvgIpc) is 2.32. The summed E-state index contributed by atoms with van der Waals surface area (Å²) in [5.41, 5.74) is 0. The zero-order valence-corrected chi connectivity index (χ0v) is 7.08. The zero-order valence-electron chi connectivity index (χ0n) is 6.27. The SMILES string of the molecule is Cl.OC[C@H]1C[C@@H](C(F)(F)F)CN1. The molecule has 1 aliphatic heterocycles. The molecule has 1 rings (SSSR count). The Bertz CT molecular complexity index is 141. The fourth-order valence-corrected chi connectivity index (χ4v) is 1.21. The predicted molar refractivity (Wildman–Crippen MR) is 40.3 cm³/mol. The van der Waals surface area contributed by atoms with Gasteiger partial charge in [0.15, 0.2) is 0 Å². The molecule has 74 valence electrons. The first-order chi connectivity index (χ1) is 5.04. The first kappa shape index (κ1) is 12.0. The molecule has 0 bridgehead atoms. The maximum Gasteiger partial charge on any atom is 0.393 e. The summed E-state index contributed by atoms with van der Waals surface area (Å²) in [6, 6.07) is -0.373. The van der Waals surface area contributed by atoms with Crippen LogP contribution >= 0.6 is 12.4 Å². The Balaban J connectivity index is 0.00000121. The molecule has 1 aliphatic rings. The van der Waals surface area contributed by atoms with Gasteiger partial charge in [-0.2, -0.15) is 13.2 Å². The van der Waals surface area contributed by atoms with Crippen LogP contribution in [0.25, 0.3) is 0 Å². The van der Waals surface area contributed by atoms with Gasteiger partial charge in [-0.3, -0.25) is 0 Å². The lowest BCUT2D eigenvalue weighted by molar-refractivity contribution is -0.169. The number of alkyl halides is 3. The van der Waals surface area contributed by atoms with Crippen LogP contribution in [0.15, 0.2) is 0 Å². The van der Waals surface area contributed by atoms with E-state index < -0.39 is 12.1 Å². The third-order valence-corrected chi connectivity index (χ3v) is 1.91. The fraction of sp³-hybridized carbons (Fsp3) is 1.00. The van der Waals surface area contributed by atoms with E-state index >= 15 is 0 Å². The molecule has 12 heavy (non-hydrogen) atoms. The normalized spacial score (nSPS) is 30.0. The summed E-state index contributed by atoms with van der Waals surface area (Å²) in [6.45, 7) is -0.276. The standard InChI is InChI=1S/C6H10F3NO.ClH/c7-6(8,9)4-1-5(3-11)10-2-4;/h4-5,10-11H,1-3H2;1H/t4-,5-;/m1./s1. The highest BCUT2D eigenvalue weighted by atomic mass is 35.5. The molecule has 1 saturated heterocycles. The van der Waals surface area contributed by atoms with Crippen molar-refractivity contribution >= 4 is 12.4 Å². The topological polar surface area (TPSA) is 32.3 Å². The molecular weight excluding hydrogens is 195 g/mol. The van der Waals surface area contributed by atoms with Gasteiger partial charge in [-0.25, -0.2) is 0 Å².